The Morgan fingerprint density at radius 2 is 1.85 bits per heavy atom. The van der Waals surface area contributed by atoms with Gasteiger partial charge in [-0.1, -0.05) is 18.6 Å². The van der Waals surface area contributed by atoms with Crippen LogP contribution >= 0.6 is 0 Å². The van der Waals surface area contributed by atoms with E-state index >= 15 is 0 Å². The van der Waals surface area contributed by atoms with Gasteiger partial charge < -0.3 is 24.4 Å². The molecule has 6 rings (SSSR count). The van der Waals surface area contributed by atoms with Crippen LogP contribution in [0, 0.1) is 0 Å². The fourth-order valence-corrected chi connectivity index (χ4v) is 6.08. The maximum Gasteiger partial charge on any atom is 0.275 e. The van der Waals surface area contributed by atoms with Crippen molar-refractivity contribution >= 4 is 35.4 Å². The number of morpholine rings is 1. The van der Waals surface area contributed by atoms with E-state index in [2.05, 4.69) is 26.8 Å². The summed E-state index contributed by atoms with van der Waals surface area (Å²) in [5.41, 5.74) is 3.21. The highest BCUT2D eigenvalue weighted by Gasteiger charge is 2.33. The van der Waals surface area contributed by atoms with E-state index in [4.69, 9.17) is 4.74 Å². The van der Waals surface area contributed by atoms with Gasteiger partial charge in [0, 0.05) is 63.9 Å². The van der Waals surface area contributed by atoms with E-state index in [0.29, 0.717) is 73.9 Å². The number of hydrogen-bond donors (Lipinski definition) is 1. The lowest BCUT2D eigenvalue weighted by Gasteiger charge is -2.37. The lowest BCUT2D eigenvalue weighted by Crippen LogP contribution is -2.49. The third-order valence-corrected chi connectivity index (χ3v) is 8.57. The van der Waals surface area contributed by atoms with Crippen LogP contribution in [0.25, 0.3) is 11.1 Å². The van der Waals surface area contributed by atoms with E-state index < -0.39 is 0 Å². The van der Waals surface area contributed by atoms with E-state index in [-0.39, 0.29) is 34.4 Å². The first-order valence-electron chi connectivity index (χ1n) is 15.6. The van der Waals surface area contributed by atoms with Gasteiger partial charge in [-0.25, -0.2) is 9.97 Å². The molecule has 2 amide bonds. The molecular weight excluding hydrogens is 586 g/mol. The molecule has 3 aliphatic heterocycles. The predicted molar refractivity (Wildman–Crippen MR) is 174 cm³/mol. The number of aldehydes is 1. The summed E-state index contributed by atoms with van der Waals surface area (Å²) in [6, 6.07) is 6.66. The predicted octanol–water partition coefficient (Wildman–Crippen LogP) is 3.53. The summed E-state index contributed by atoms with van der Waals surface area (Å²) in [4.78, 5) is 66.7. The second-order valence-corrected chi connectivity index (χ2v) is 11.7. The molecule has 6 heterocycles. The number of carbonyl (C=O) groups is 3. The third kappa shape index (κ3) is 6.34. The van der Waals surface area contributed by atoms with Crippen molar-refractivity contribution in [1.29, 1.82) is 0 Å². The fourth-order valence-electron chi connectivity index (χ4n) is 6.08. The molecule has 12 nitrogen and oxygen atoms in total. The summed E-state index contributed by atoms with van der Waals surface area (Å²) in [6.45, 7) is 8.01. The number of allylic oxidation sites excluding steroid dienone is 2. The Labute approximate surface area is 267 Å². The summed E-state index contributed by atoms with van der Waals surface area (Å²) in [7, 11) is 1.62. The Bertz CT molecular complexity index is 1760. The lowest BCUT2D eigenvalue weighted by molar-refractivity contribution is -0.117. The quantitative estimate of drug-likeness (QED) is 0.410. The molecule has 3 aromatic rings. The second kappa shape index (κ2) is 13.5. The van der Waals surface area contributed by atoms with E-state index in [9.17, 15) is 19.2 Å². The number of piperazine rings is 1. The monoisotopic (exact) mass is 623 g/mol. The highest BCUT2D eigenvalue weighted by atomic mass is 16.5. The van der Waals surface area contributed by atoms with E-state index in [0.717, 1.165) is 37.8 Å². The van der Waals surface area contributed by atoms with Gasteiger partial charge in [-0.15, -0.1) is 0 Å². The molecule has 0 unspecified atom stereocenters. The van der Waals surface area contributed by atoms with E-state index in [1.54, 1.807) is 53.5 Å². The number of ether oxygens (including phenoxy) is 1. The van der Waals surface area contributed by atoms with Crippen molar-refractivity contribution < 1.29 is 19.1 Å². The Morgan fingerprint density at radius 3 is 2.61 bits per heavy atom. The Hall–Kier alpha value is -5.10. The lowest BCUT2D eigenvalue weighted by atomic mass is 10.0. The summed E-state index contributed by atoms with van der Waals surface area (Å²) >= 11 is 0. The molecule has 0 atom stereocenters. The number of anilines is 3. The topological polar surface area (TPSA) is 130 Å². The number of nitrogens with one attached hydrogen (secondary N) is 1. The van der Waals surface area contributed by atoms with Crippen LogP contribution in [0.1, 0.15) is 46.4 Å². The van der Waals surface area contributed by atoms with Crippen molar-refractivity contribution in [2.24, 2.45) is 7.05 Å². The zero-order valence-corrected chi connectivity index (χ0v) is 25.9. The molecule has 0 aromatic carbocycles. The molecule has 3 aliphatic rings. The van der Waals surface area contributed by atoms with Crippen molar-refractivity contribution in [2.75, 3.05) is 56.2 Å². The van der Waals surface area contributed by atoms with Crippen molar-refractivity contribution in [2.45, 2.75) is 25.7 Å². The van der Waals surface area contributed by atoms with Crippen LogP contribution in [0.3, 0.4) is 0 Å². The summed E-state index contributed by atoms with van der Waals surface area (Å²) in [5, 5.41) is 3.06. The van der Waals surface area contributed by atoms with E-state index in [1.807, 2.05) is 6.08 Å². The molecule has 0 saturated carbocycles. The molecule has 12 heteroatoms. The summed E-state index contributed by atoms with van der Waals surface area (Å²) in [6.07, 6.45) is 11.2. The first-order valence-corrected chi connectivity index (χ1v) is 15.6. The summed E-state index contributed by atoms with van der Waals surface area (Å²) < 4.78 is 6.74. The molecule has 3 aromatic heterocycles. The van der Waals surface area contributed by atoms with Crippen LogP contribution in [0.4, 0.5) is 17.3 Å². The number of rotatable bonds is 6. The smallest absolute Gasteiger partial charge is 0.275 e. The molecule has 238 valence electrons. The zero-order chi connectivity index (χ0) is 32.2. The van der Waals surface area contributed by atoms with Crippen molar-refractivity contribution in [3.63, 3.8) is 0 Å². The van der Waals surface area contributed by atoms with Gasteiger partial charge >= 0.3 is 0 Å². The molecule has 0 spiro atoms. The van der Waals surface area contributed by atoms with Gasteiger partial charge in [0.1, 0.15) is 23.0 Å². The number of aromatic nitrogens is 3. The first-order chi connectivity index (χ1) is 22.3. The van der Waals surface area contributed by atoms with Crippen molar-refractivity contribution in [3.05, 3.63) is 88.3 Å². The van der Waals surface area contributed by atoms with Gasteiger partial charge in [-0.3, -0.25) is 24.1 Å². The molecule has 1 N–H and O–H groups in total. The van der Waals surface area contributed by atoms with Gasteiger partial charge in [0.25, 0.3) is 17.4 Å². The van der Waals surface area contributed by atoms with Crippen LogP contribution in [-0.2, 0) is 16.6 Å². The van der Waals surface area contributed by atoms with Gasteiger partial charge in [0.2, 0.25) is 0 Å². The number of hydrogen-bond acceptors (Lipinski definition) is 9. The maximum absolute atomic E-state index is 13.8. The number of fused-ring (bicyclic) bond motifs is 1. The Morgan fingerprint density at radius 1 is 1.02 bits per heavy atom. The number of pyridine rings is 3. The van der Waals surface area contributed by atoms with Crippen LogP contribution < -0.4 is 15.8 Å². The zero-order valence-electron chi connectivity index (χ0n) is 25.9. The average molecular weight is 624 g/mol. The molecule has 0 radical (unpaired) electrons. The molecule has 0 bridgehead atoms. The number of aryl methyl sites for hydroxylation is 1. The number of nitrogens with zero attached hydrogens (tertiary/aromatic N) is 6. The van der Waals surface area contributed by atoms with Gasteiger partial charge in [0.05, 0.1) is 24.3 Å². The van der Waals surface area contributed by atoms with Gasteiger partial charge in [-0.05, 0) is 55.2 Å². The first kappa shape index (κ1) is 30.9. The highest BCUT2D eigenvalue weighted by Crippen LogP contribution is 2.32. The SMILES string of the molecule is C=C1/C=C2/C(=O)N(c3nccc(-c4cc(Nc5ccc(C(=O)N6CCOCC6)cn5)c(=O)n(C)c4)c3C=O)CCN2CCCCC1. The molecule has 2 fully saturated rings. The minimum Gasteiger partial charge on any atom is -0.378 e. The summed E-state index contributed by atoms with van der Waals surface area (Å²) in [5.74, 6) is 0.314. The second-order valence-electron chi connectivity index (χ2n) is 11.7. The Kier molecular flexibility index (Phi) is 9.06. The molecule has 0 aliphatic carbocycles. The van der Waals surface area contributed by atoms with Gasteiger partial charge in [-0.2, -0.15) is 0 Å². The normalized spacial score (nSPS) is 18.5. The minimum absolute atomic E-state index is 0.124. The van der Waals surface area contributed by atoms with E-state index in [1.165, 1.54) is 10.8 Å². The third-order valence-electron chi connectivity index (χ3n) is 8.57. The number of amides is 2. The number of carbonyl (C=O) groups excluding carboxylic acids is 3. The van der Waals surface area contributed by atoms with Crippen molar-refractivity contribution in [1.82, 2.24) is 24.3 Å². The van der Waals surface area contributed by atoms with Gasteiger partial charge in [0.15, 0.2) is 6.29 Å². The van der Waals surface area contributed by atoms with Crippen LogP contribution in [0.5, 0.6) is 0 Å². The maximum atomic E-state index is 13.8. The van der Waals surface area contributed by atoms with Crippen LogP contribution in [-0.4, -0.2) is 88.4 Å². The highest BCUT2D eigenvalue weighted by molar-refractivity contribution is 6.09. The van der Waals surface area contributed by atoms with Crippen LogP contribution in [0.2, 0.25) is 0 Å². The average Bonchev–Trinajstić information content (AvgIpc) is 3.17. The molecule has 2 saturated heterocycles. The fraction of sp³-hybridized carbons (Fsp3) is 0.353. The molecular formula is C34H37N7O5. The molecule has 46 heavy (non-hydrogen) atoms. The standard InChI is InChI=1S/C34H37N7O5/c1-23-6-4-3-5-11-39-12-13-41(34(45)29(39)18-23)31-27(22-42)26(9-10-35-31)25-19-28(33(44)38(2)21-25)37-30-8-7-24(20-36-30)32(43)40-14-16-46-17-15-40/h7-10,18-22H,1,3-6,11-17H2,2H3,(H,36,37)/b29-18-. The van der Waals surface area contributed by atoms with Crippen LogP contribution in [0.15, 0.2) is 71.6 Å². The largest absolute Gasteiger partial charge is 0.378 e. The minimum atomic E-state index is -0.306. The Balaban J connectivity index is 1.29. The van der Waals surface area contributed by atoms with Crippen molar-refractivity contribution in [3.8, 4) is 11.1 Å².